The Morgan fingerprint density at radius 1 is 1.32 bits per heavy atom. The Kier molecular flexibility index (Phi) is 4.78. The van der Waals surface area contributed by atoms with Crippen LogP contribution in [-0.2, 0) is 16.1 Å². The highest BCUT2D eigenvalue weighted by Gasteiger charge is 2.18. The fraction of sp³-hybridized carbons (Fsp3) is 0.429. The van der Waals surface area contributed by atoms with Crippen molar-refractivity contribution in [1.29, 1.82) is 0 Å². The zero-order valence-corrected chi connectivity index (χ0v) is 10.7. The van der Waals surface area contributed by atoms with Gasteiger partial charge in [0.25, 0.3) is 0 Å². The molecule has 0 bridgehead atoms. The summed E-state index contributed by atoms with van der Waals surface area (Å²) in [5.74, 6) is 0.438. The molecular weight excluding hydrogens is 244 g/mol. The first-order valence-corrected chi connectivity index (χ1v) is 6.47. The first-order chi connectivity index (χ1) is 9.25. The number of rotatable bonds is 5. The third-order valence-electron chi connectivity index (χ3n) is 3.10. The Balaban J connectivity index is 1.65. The normalized spacial score (nSPS) is 18.0. The van der Waals surface area contributed by atoms with E-state index in [0.717, 1.165) is 19.3 Å². The fourth-order valence-electron chi connectivity index (χ4n) is 2.00. The molecule has 0 saturated carbocycles. The van der Waals surface area contributed by atoms with Gasteiger partial charge in [-0.25, -0.2) is 0 Å². The lowest BCUT2D eigenvalue weighted by molar-refractivity contribution is -0.128. The van der Waals surface area contributed by atoms with Crippen LogP contribution in [-0.4, -0.2) is 18.4 Å². The van der Waals surface area contributed by atoms with Crippen LogP contribution in [0.1, 0.15) is 25.0 Å². The highest BCUT2D eigenvalue weighted by molar-refractivity contribution is 5.85. The fourth-order valence-corrected chi connectivity index (χ4v) is 2.00. The van der Waals surface area contributed by atoms with Crippen LogP contribution in [0.25, 0.3) is 0 Å². The number of carbonyl (C=O) groups excluding carboxylic acids is 2. The lowest BCUT2D eigenvalue weighted by Crippen LogP contribution is -2.39. The summed E-state index contributed by atoms with van der Waals surface area (Å²) >= 11 is 0. The molecule has 102 valence electrons. The van der Waals surface area contributed by atoms with Gasteiger partial charge in [-0.15, -0.1) is 0 Å². The van der Waals surface area contributed by atoms with Crippen molar-refractivity contribution >= 4 is 11.8 Å². The summed E-state index contributed by atoms with van der Waals surface area (Å²) in [5.41, 5.74) is 0. The van der Waals surface area contributed by atoms with Crippen molar-refractivity contribution in [2.24, 2.45) is 5.92 Å². The monoisotopic (exact) mass is 262 g/mol. The molecule has 1 unspecified atom stereocenters. The van der Waals surface area contributed by atoms with Gasteiger partial charge in [-0.2, -0.15) is 0 Å². The van der Waals surface area contributed by atoms with Crippen molar-refractivity contribution in [2.75, 3.05) is 6.54 Å². The molecule has 1 aliphatic carbocycles. The van der Waals surface area contributed by atoms with Crippen LogP contribution in [0.5, 0.6) is 0 Å². The molecule has 2 N–H and O–H groups in total. The van der Waals surface area contributed by atoms with E-state index in [-0.39, 0.29) is 24.3 Å². The van der Waals surface area contributed by atoms with E-state index in [0.29, 0.717) is 12.3 Å². The van der Waals surface area contributed by atoms with Crippen LogP contribution in [0.4, 0.5) is 0 Å². The molecule has 0 aromatic carbocycles. The minimum atomic E-state index is -0.212. The van der Waals surface area contributed by atoms with E-state index in [1.807, 2.05) is 6.08 Å². The van der Waals surface area contributed by atoms with Crippen LogP contribution >= 0.6 is 0 Å². The van der Waals surface area contributed by atoms with Gasteiger partial charge in [0, 0.05) is 5.92 Å². The first kappa shape index (κ1) is 13.4. The summed E-state index contributed by atoms with van der Waals surface area (Å²) < 4.78 is 5.09. The van der Waals surface area contributed by atoms with E-state index in [2.05, 4.69) is 16.7 Å². The highest BCUT2D eigenvalue weighted by atomic mass is 16.3. The van der Waals surface area contributed by atoms with Gasteiger partial charge in [0.2, 0.25) is 11.8 Å². The third-order valence-corrected chi connectivity index (χ3v) is 3.10. The first-order valence-electron chi connectivity index (χ1n) is 6.47. The van der Waals surface area contributed by atoms with Gasteiger partial charge in [-0.3, -0.25) is 9.59 Å². The smallest absolute Gasteiger partial charge is 0.239 e. The van der Waals surface area contributed by atoms with Gasteiger partial charge < -0.3 is 15.1 Å². The second-order valence-corrected chi connectivity index (χ2v) is 4.56. The Labute approximate surface area is 112 Å². The summed E-state index contributed by atoms with van der Waals surface area (Å²) in [6, 6.07) is 3.55. The molecule has 1 aromatic heterocycles. The largest absolute Gasteiger partial charge is 0.467 e. The molecule has 5 heteroatoms. The molecule has 0 radical (unpaired) electrons. The van der Waals surface area contributed by atoms with E-state index in [1.54, 1.807) is 18.4 Å². The zero-order valence-electron chi connectivity index (χ0n) is 10.7. The highest BCUT2D eigenvalue weighted by Crippen LogP contribution is 2.17. The van der Waals surface area contributed by atoms with Crippen LogP contribution in [0.2, 0.25) is 0 Å². The molecule has 2 rings (SSSR count). The maximum Gasteiger partial charge on any atom is 0.239 e. The number of carbonyl (C=O) groups is 2. The van der Waals surface area contributed by atoms with Crippen LogP contribution < -0.4 is 10.6 Å². The van der Waals surface area contributed by atoms with Crippen LogP contribution in [0.3, 0.4) is 0 Å². The van der Waals surface area contributed by atoms with Gasteiger partial charge in [0.05, 0.1) is 19.4 Å². The van der Waals surface area contributed by atoms with Crippen molar-refractivity contribution in [2.45, 2.75) is 25.8 Å². The van der Waals surface area contributed by atoms with E-state index in [4.69, 9.17) is 4.42 Å². The van der Waals surface area contributed by atoms with E-state index in [1.165, 1.54) is 0 Å². The number of allylic oxidation sites excluding steroid dienone is 2. The van der Waals surface area contributed by atoms with E-state index >= 15 is 0 Å². The summed E-state index contributed by atoms with van der Waals surface area (Å²) in [6.07, 6.45) is 8.21. The molecule has 0 fully saturated rings. The minimum absolute atomic E-state index is 0.00266. The second kappa shape index (κ2) is 6.78. The standard InChI is InChI=1S/C14H18N2O3/c17-13(15-9-12-7-4-8-19-12)10-16-14(18)11-5-2-1-3-6-11/h1-2,4,7-8,11H,3,5-6,9-10H2,(H,15,17)(H,16,18). The molecule has 0 spiro atoms. The summed E-state index contributed by atoms with van der Waals surface area (Å²) in [7, 11) is 0. The number of hydrogen-bond donors (Lipinski definition) is 2. The number of furan rings is 1. The van der Waals surface area contributed by atoms with Gasteiger partial charge in [-0.05, 0) is 31.4 Å². The van der Waals surface area contributed by atoms with Crippen molar-refractivity contribution in [1.82, 2.24) is 10.6 Å². The lowest BCUT2D eigenvalue weighted by atomic mass is 9.94. The third kappa shape index (κ3) is 4.28. The lowest BCUT2D eigenvalue weighted by Gasteiger charge is -2.16. The van der Waals surface area contributed by atoms with Crippen LogP contribution in [0.15, 0.2) is 35.0 Å². The van der Waals surface area contributed by atoms with Crippen molar-refractivity contribution < 1.29 is 14.0 Å². The predicted octanol–water partition coefficient (Wildman–Crippen LogP) is 1.37. The molecule has 0 aliphatic heterocycles. The quantitative estimate of drug-likeness (QED) is 0.787. The van der Waals surface area contributed by atoms with Gasteiger partial charge in [0.15, 0.2) is 0 Å². The van der Waals surface area contributed by atoms with Crippen molar-refractivity contribution in [3.05, 3.63) is 36.3 Å². The Morgan fingerprint density at radius 2 is 2.21 bits per heavy atom. The second-order valence-electron chi connectivity index (χ2n) is 4.56. The molecule has 1 atom stereocenters. The van der Waals surface area contributed by atoms with Crippen molar-refractivity contribution in [3.8, 4) is 0 Å². The summed E-state index contributed by atoms with van der Waals surface area (Å²) in [6.45, 7) is 0.355. The Morgan fingerprint density at radius 3 is 2.89 bits per heavy atom. The number of nitrogens with one attached hydrogen (secondary N) is 2. The molecule has 2 amide bonds. The number of hydrogen-bond acceptors (Lipinski definition) is 3. The minimum Gasteiger partial charge on any atom is -0.467 e. The van der Waals surface area contributed by atoms with Gasteiger partial charge in [0.1, 0.15) is 5.76 Å². The average Bonchev–Trinajstić information content (AvgIpc) is 2.96. The predicted molar refractivity (Wildman–Crippen MR) is 70.0 cm³/mol. The Hall–Kier alpha value is -2.04. The topological polar surface area (TPSA) is 71.3 Å². The summed E-state index contributed by atoms with van der Waals surface area (Å²) in [5, 5.41) is 5.35. The maximum atomic E-state index is 11.8. The maximum absolute atomic E-state index is 11.8. The van der Waals surface area contributed by atoms with Crippen molar-refractivity contribution in [3.63, 3.8) is 0 Å². The average molecular weight is 262 g/mol. The molecule has 5 nitrogen and oxygen atoms in total. The number of amides is 2. The Bertz CT molecular complexity index is 451. The molecule has 1 heterocycles. The summed E-state index contributed by atoms with van der Waals surface area (Å²) in [4.78, 5) is 23.3. The molecule has 0 saturated heterocycles. The van der Waals surface area contributed by atoms with E-state index < -0.39 is 0 Å². The molecule has 1 aromatic rings. The molecular formula is C14H18N2O3. The van der Waals surface area contributed by atoms with Gasteiger partial charge >= 0.3 is 0 Å². The molecule has 19 heavy (non-hydrogen) atoms. The SMILES string of the molecule is O=C(CNC(=O)C1CC=CCC1)NCc1ccco1. The molecule has 1 aliphatic rings. The zero-order chi connectivity index (χ0) is 13.5. The van der Waals surface area contributed by atoms with Crippen LogP contribution in [0, 0.1) is 5.92 Å². The van der Waals surface area contributed by atoms with E-state index in [9.17, 15) is 9.59 Å². The van der Waals surface area contributed by atoms with Gasteiger partial charge in [-0.1, -0.05) is 12.2 Å².